The van der Waals surface area contributed by atoms with Crippen molar-refractivity contribution in [3.05, 3.63) is 58.6 Å². The van der Waals surface area contributed by atoms with Crippen molar-refractivity contribution in [3.8, 4) is 5.75 Å². The lowest BCUT2D eigenvalue weighted by Gasteiger charge is -2.41. The summed E-state index contributed by atoms with van der Waals surface area (Å²) < 4.78 is 5.11. The Morgan fingerprint density at radius 3 is 2.47 bits per heavy atom. The van der Waals surface area contributed by atoms with Crippen molar-refractivity contribution >= 4 is 29.1 Å². The highest BCUT2D eigenvalue weighted by molar-refractivity contribution is 6.34. The Labute approximate surface area is 182 Å². The predicted molar refractivity (Wildman–Crippen MR) is 118 cm³/mol. The molecule has 1 saturated carbocycles. The summed E-state index contributed by atoms with van der Waals surface area (Å²) >= 11 is 6.43. The van der Waals surface area contributed by atoms with Crippen molar-refractivity contribution in [1.82, 2.24) is 4.90 Å². The number of piperidine rings is 1. The fourth-order valence-electron chi connectivity index (χ4n) is 4.67. The molecule has 4 rings (SSSR count). The number of anilines is 1. The van der Waals surface area contributed by atoms with Crippen LogP contribution < -0.4 is 10.1 Å². The second-order valence-electron chi connectivity index (χ2n) is 8.22. The van der Waals surface area contributed by atoms with Crippen molar-refractivity contribution in [2.75, 3.05) is 25.5 Å². The van der Waals surface area contributed by atoms with E-state index in [0.29, 0.717) is 33.5 Å². The van der Waals surface area contributed by atoms with Gasteiger partial charge in [0.25, 0.3) is 11.8 Å². The Morgan fingerprint density at radius 2 is 1.77 bits per heavy atom. The van der Waals surface area contributed by atoms with Crippen molar-refractivity contribution in [2.45, 2.75) is 32.1 Å². The largest absolute Gasteiger partial charge is 0.497 e. The van der Waals surface area contributed by atoms with E-state index in [-0.39, 0.29) is 11.8 Å². The number of ether oxygens (including phenoxy) is 1. The molecule has 158 valence electrons. The summed E-state index contributed by atoms with van der Waals surface area (Å²) in [5, 5.41) is 3.19. The Balaban J connectivity index is 1.42. The van der Waals surface area contributed by atoms with Crippen LogP contribution in [0.15, 0.2) is 42.5 Å². The van der Waals surface area contributed by atoms with Crippen LogP contribution in [0.2, 0.25) is 5.02 Å². The standard InChI is InChI=1S/C24H27ClN2O3/c1-30-20-9-6-17(7-10-20)23(28)26-19-8-11-21(22(25)14-19)24(29)27-13-12-16-4-2-3-5-18(16)15-27/h6-11,14,16,18H,2-5,12-13,15H2,1H3,(H,26,28). The molecule has 1 aliphatic carbocycles. The highest BCUT2D eigenvalue weighted by atomic mass is 35.5. The molecule has 2 unspecified atom stereocenters. The summed E-state index contributed by atoms with van der Waals surface area (Å²) in [5.41, 5.74) is 1.57. The molecule has 6 heteroatoms. The molecule has 2 fully saturated rings. The molecule has 2 amide bonds. The Kier molecular flexibility index (Phi) is 6.28. The maximum atomic E-state index is 13.1. The zero-order valence-corrected chi connectivity index (χ0v) is 18.0. The van der Waals surface area contributed by atoms with Gasteiger partial charge in [-0.05, 0) is 67.1 Å². The van der Waals surface area contributed by atoms with E-state index in [1.807, 2.05) is 4.90 Å². The van der Waals surface area contributed by atoms with Crippen LogP contribution in [0, 0.1) is 11.8 Å². The summed E-state index contributed by atoms with van der Waals surface area (Å²) in [6.45, 7) is 1.63. The van der Waals surface area contributed by atoms with Crippen LogP contribution >= 0.6 is 11.6 Å². The Morgan fingerprint density at radius 1 is 1.03 bits per heavy atom. The molecule has 1 N–H and O–H groups in total. The highest BCUT2D eigenvalue weighted by Gasteiger charge is 2.33. The Hall–Kier alpha value is -2.53. The second-order valence-corrected chi connectivity index (χ2v) is 8.63. The molecule has 0 aromatic heterocycles. The van der Waals surface area contributed by atoms with Gasteiger partial charge >= 0.3 is 0 Å². The summed E-state index contributed by atoms with van der Waals surface area (Å²) in [4.78, 5) is 27.5. The molecule has 30 heavy (non-hydrogen) atoms. The van der Waals surface area contributed by atoms with E-state index in [0.717, 1.165) is 25.4 Å². The van der Waals surface area contributed by atoms with Crippen LogP contribution in [0.1, 0.15) is 52.8 Å². The number of amides is 2. The average molecular weight is 427 g/mol. The molecule has 1 aliphatic heterocycles. The van der Waals surface area contributed by atoms with E-state index >= 15 is 0 Å². The van der Waals surface area contributed by atoms with Crippen molar-refractivity contribution < 1.29 is 14.3 Å². The van der Waals surface area contributed by atoms with Gasteiger partial charge in [0, 0.05) is 24.3 Å². The lowest BCUT2D eigenvalue weighted by molar-refractivity contribution is 0.0521. The van der Waals surface area contributed by atoms with Gasteiger partial charge in [0.2, 0.25) is 0 Å². The van der Waals surface area contributed by atoms with Crippen LogP contribution in [0.3, 0.4) is 0 Å². The molecule has 2 aromatic carbocycles. The zero-order valence-electron chi connectivity index (χ0n) is 17.2. The summed E-state index contributed by atoms with van der Waals surface area (Å²) in [6, 6.07) is 11.9. The first-order valence-electron chi connectivity index (χ1n) is 10.6. The van der Waals surface area contributed by atoms with Crippen LogP contribution in [0.25, 0.3) is 0 Å². The monoisotopic (exact) mass is 426 g/mol. The van der Waals surface area contributed by atoms with Gasteiger partial charge < -0.3 is 15.0 Å². The van der Waals surface area contributed by atoms with Crippen LogP contribution in [-0.2, 0) is 0 Å². The molecule has 1 heterocycles. The fraction of sp³-hybridized carbons (Fsp3) is 0.417. The van der Waals surface area contributed by atoms with Gasteiger partial charge in [-0.1, -0.05) is 30.9 Å². The minimum absolute atomic E-state index is 0.0166. The number of hydrogen-bond acceptors (Lipinski definition) is 3. The van der Waals surface area contributed by atoms with Crippen molar-refractivity contribution in [2.24, 2.45) is 11.8 Å². The molecule has 5 nitrogen and oxygen atoms in total. The SMILES string of the molecule is COc1ccc(C(=O)Nc2ccc(C(=O)N3CCC4CCCCC4C3)c(Cl)c2)cc1. The Bertz CT molecular complexity index is 929. The normalized spacial score (nSPS) is 20.9. The number of fused-ring (bicyclic) bond motifs is 1. The van der Waals surface area contributed by atoms with Gasteiger partial charge in [0.1, 0.15) is 5.75 Å². The topological polar surface area (TPSA) is 58.6 Å². The molecule has 0 radical (unpaired) electrons. The number of halogens is 1. The maximum absolute atomic E-state index is 13.1. The molecule has 0 spiro atoms. The van der Waals surface area contributed by atoms with Gasteiger partial charge in [-0.3, -0.25) is 9.59 Å². The first-order valence-corrected chi connectivity index (χ1v) is 11.0. The number of rotatable bonds is 4. The van der Waals surface area contributed by atoms with Gasteiger partial charge in [-0.25, -0.2) is 0 Å². The molecule has 2 aliphatic rings. The zero-order chi connectivity index (χ0) is 21.1. The van der Waals surface area contributed by atoms with E-state index in [4.69, 9.17) is 16.3 Å². The van der Waals surface area contributed by atoms with E-state index in [1.54, 1.807) is 49.6 Å². The molecule has 2 atom stereocenters. The number of nitrogens with one attached hydrogen (secondary N) is 1. The van der Waals surface area contributed by atoms with Crippen molar-refractivity contribution in [3.63, 3.8) is 0 Å². The first kappa shape index (κ1) is 20.7. The predicted octanol–water partition coefficient (Wildman–Crippen LogP) is 5.25. The van der Waals surface area contributed by atoms with Crippen LogP contribution in [-0.4, -0.2) is 36.9 Å². The molecule has 0 bridgehead atoms. The van der Waals surface area contributed by atoms with Crippen LogP contribution in [0.4, 0.5) is 5.69 Å². The third-order valence-corrected chi connectivity index (χ3v) is 6.70. The number of likely N-dealkylation sites (tertiary alicyclic amines) is 1. The van der Waals surface area contributed by atoms with Gasteiger partial charge in [-0.15, -0.1) is 0 Å². The minimum atomic E-state index is -0.243. The fourth-order valence-corrected chi connectivity index (χ4v) is 4.93. The number of carbonyl (C=O) groups is 2. The molecular weight excluding hydrogens is 400 g/mol. The highest BCUT2D eigenvalue weighted by Crippen LogP contribution is 2.37. The minimum Gasteiger partial charge on any atom is -0.497 e. The lowest BCUT2D eigenvalue weighted by Crippen LogP contribution is -2.44. The average Bonchev–Trinajstić information content (AvgIpc) is 2.78. The number of benzene rings is 2. The summed E-state index contributed by atoms with van der Waals surface area (Å²) in [5.74, 6) is 1.83. The summed E-state index contributed by atoms with van der Waals surface area (Å²) in [7, 11) is 1.58. The number of nitrogens with zero attached hydrogens (tertiary/aromatic N) is 1. The van der Waals surface area contributed by atoms with E-state index in [2.05, 4.69) is 5.32 Å². The number of hydrogen-bond donors (Lipinski definition) is 1. The van der Waals surface area contributed by atoms with Gasteiger partial charge in [0.05, 0.1) is 17.7 Å². The third-order valence-electron chi connectivity index (χ3n) is 6.39. The summed E-state index contributed by atoms with van der Waals surface area (Å²) in [6.07, 6.45) is 6.20. The smallest absolute Gasteiger partial charge is 0.255 e. The number of methoxy groups -OCH3 is 1. The van der Waals surface area contributed by atoms with E-state index in [1.165, 1.54) is 25.7 Å². The molecule has 1 saturated heterocycles. The second kappa shape index (κ2) is 9.09. The van der Waals surface area contributed by atoms with Crippen LogP contribution in [0.5, 0.6) is 5.75 Å². The molecule has 2 aromatic rings. The van der Waals surface area contributed by atoms with Gasteiger partial charge in [-0.2, -0.15) is 0 Å². The third kappa shape index (κ3) is 4.46. The quantitative estimate of drug-likeness (QED) is 0.726. The number of carbonyl (C=O) groups excluding carboxylic acids is 2. The van der Waals surface area contributed by atoms with Gasteiger partial charge in [0.15, 0.2) is 0 Å². The van der Waals surface area contributed by atoms with E-state index < -0.39 is 0 Å². The van der Waals surface area contributed by atoms with E-state index in [9.17, 15) is 9.59 Å². The van der Waals surface area contributed by atoms with Crippen molar-refractivity contribution in [1.29, 1.82) is 0 Å². The first-order chi connectivity index (χ1) is 14.5. The lowest BCUT2D eigenvalue weighted by atomic mass is 9.75. The molecular formula is C24H27ClN2O3. The maximum Gasteiger partial charge on any atom is 0.255 e.